The zero-order valence-corrected chi connectivity index (χ0v) is 28.3. The van der Waals surface area contributed by atoms with Crippen LogP contribution in [0.5, 0.6) is 11.5 Å². The number of carbonyl (C=O) groups is 1. The number of halogens is 2. The van der Waals surface area contributed by atoms with Crippen LogP contribution in [-0.4, -0.2) is 27.2 Å². The summed E-state index contributed by atoms with van der Waals surface area (Å²) in [6.07, 6.45) is 1.19. The van der Waals surface area contributed by atoms with Crippen LogP contribution in [0.4, 0.5) is 5.95 Å². The maximum absolute atomic E-state index is 13.8. The highest BCUT2D eigenvalue weighted by Gasteiger charge is 2.42. The van der Waals surface area contributed by atoms with Gasteiger partial charge in [0.05, 0.1) is 11.1 Å². The minimum atomic E-state index is -0.478. The summed E-state index contributed by atoms with van der Waals surface area (Å²) in [6, 6.07) is 19.5. The maximum atomic E-state index is 13.8. The number of fused-ring (bicyclic) bond motifs is 1. The molecular formula is C34H34BrClN4O3S. The Hall–Kier alpha value is -3.27. The molecule has 44 heavy (non-hydrogen) atoms. The number of Topliss-reactive ketones (excluding diaryl/α,β-unsaturated/α-hetero) is 1. The Kier molecular flexibility index (Phi) is 8.81. The first-order valence-electron chi connectivity index (χ1n) is 14.6. The van der Waals surface area contributed by atoms with Crippen molar-refractivity contribution in [1.29, 1.82) is 0 Å². The molecule has 7 nitrogen and oxygen atoms in total. The fourth-order valence-electron chi connectivity index (χ4n) is 5.82. The Morgan fingerprint density at radius 3 is 2.70 bits per heavy atom. The molecule has 1 N–H and O–H groups in total. The lowest BCUT2D eigenvalue weighted by Gasteiger charge is -2.38. The first-order valence-corrected chi connectivity index (χ1v) is 16.8. The second kappa shape index (κ2) is 12.6. The monoisotopic (exact) mass is 692 g/mol. The molecule has 0 radical (unpaired) electrons. The van der Waals surface area contributed by atoms with Gasteiger partial charge in [-0.3, -0.25) is 4.79 Å². The second-order valence-corrected chi connectivity index (χ2v) is 14.1. The topological polar surface area (TPSA) is 78.3 Å². The van der Waals surface area contributed by atoms with Crippen LogP contribution in [0.1, 0.15) is 61.9 Å². The summed E-state index contributed by atoms with van der Waals surface area (Å²) in [7, 11) is 0. The molecule has 1 aliphatic heterocycles. The minimum absolute atomic E-state index is 0.106. The van der Waals surface area contributed by atoms with Crippen molar-refractivity contribution in [2.45, 2.75) is 64.1 Å². The normalized spacial score (nSPS) is 17.1. The third kappa shape index (κ3) is 6.41. The molecular weight excluding hydrogens is 660 g/mol. The van der Waals surface area contributed by atoms with Crippen LogP contribution in [-0.2, 0) is 17.2 Å². The average Bonchev–Trinajstić information content (AvgIpc) is 3.37. The number of allylic oxidation sites excluding steroid dienone is 2. The number of ketones is 1. The van der Waals surface area contributed by atoms with Gasteiger partial charge in [0, 0.05) is 28.5 Å². The highest BCUT2D eigenvalue weighted by Crippen LogP contribution is 2.48. The molecule has 2 aliphatic rings. The lowest BCUT2D eigenvalue weighted by atomic mass is 9.73. The van der Waals surface area contributed by atoms with E-state index in [0.717, 1.165) is 33.3 Å². The van der Waals surface area contributed by atoms with Crippen molar-refractivity contribution in [3.05, 3.63) is 104 Å². The zero-order valence-electron chi connectivity index (χ0n) is 25.1. The van der Waals surface area contributed by atoms with E-state index in [2.05, 4.69) is 54.2 Å². The predicted molar refractivity (Wildman–Crippen MR) is 179 cm³/mol. The molecule has 1 unspecified atom stereocenters. The van der Waals surface area contributed by atoms with Crippen molar-refractivity contribution in [3.63, 3.8) is 0 Å². The molecule has 1 aliphatic carbocycles. The van der Waals surface area contributed by atoms with E-state index in [4.69, 9.17) is 31.2 Å². The standard InChI is InChI=1S/C34H34BrClN4O3S/c1-5-42-28-15-23(14-24(35)31(28)43-18-21-10-8-9-20(2)13-21)30-29-26(16-34(3,4)17-27(29)41)37-32-38-33(39-40(30)32)44-19-22-11-6-7-12-25(22)36/h6-15,30H,5,16-19H2,1-4H3,(H,37,38,39). The van der Waals surface area contributed by atoms with Gasteiger partial charge in [0.15, 0.2) is 17.3 Å². The highest BCUT2D eigenvalue weighted by molar-refractivity contribution is 9.10. The Morgan fingerprint density at radius 1 is 1.11 bits per heavy atom. The van der Waals surface area contributed by atoms with Gasteiger partial charge in [-0.15, -0.1) is 5.10 Å². The highest BCUT2D eigenvalue weighted by atomic mass is 79.9. The van der Waals surface area contributed by atoms with E-state index in [1.807, 2.05) is 60.1 Å². The van der Waals surface area contributed by atoms with Crippen LogP contribution in [0.15, 0.2) is 81.6 Å². The number of anilines is 1. The number of carbonyl (C=O) groups excluding carboxylic acids is 1. The fraction of sp³-hybridized carbons (Fsp3) is 0.324. The van der Waals surface area contributed by atoms with Gasteiger partial charge in [-0.05, 0) is 76.5 Å². The average molecular weight is 694 g/mol. The molecule has 228 valence electrons. The summed E-state index contributed by atoms with van der Waals surface area (Å²) in [4.78, 5) is 18.6. The molecule has 0 amide bonds. The smallest absolute Gasteiger partial charge is 0.227 e. The van der Waals surface area contributed by atoms with E-state index in [9.17, 15) is 4.79 Å². The summed E-state index contributed by atoms with van der Waals surface area (Å²) in [5.74, 6) is 2.55. The number of nitrogens with one attached hydrogen (secondary N) is 1. The van der Waals surface area contributed by atoms with Gasteiger partial charge in [0.2, 0.25) is 11.1 Å². The van der Waals surface area contributed by atoms with Crippen molar-refractivity contribution >= 4 is 51.0 Å². The minimum Gasteiger partial charge on any atom is -0.490 e. The number of hydrogen-bond acceptors (Lipinski definition) is 7. The van der Waals surface area contributed by atoms with Gasteiger partial charge in [-0.25, -0.2) is 4.68 Å². The third-order valence-electron chi connectivity index (χ3n) is 7.74. The van der Waals surface area contributed by atoms with E-state index in [1.165, 1.54) is 17.3 Å². The molecule has 0 saturated heterocycles. The van der Waals surface area contributed by atoms with Crippen molar-refractivity contribution in [2.24, 2.45) is 5.41 Å². The summed E-state index contributed by atoms with van der Waals surface area (Å²) in [6.45, 7) is 9.12. The van der Waals surface area contributed by atoms with Gasteiger partial charge in [-0.1, -0.05) is 85.2 Å². The number of aromatic nitrogens is 3. The SMILES string of the molecule is CCOc1cc(C2C3=C(CC(C)(C)CC3=O)Nc3nc(SCc4ccccc4Cl)nn32)cc(Br)c1OCc1cccc(C)c1. The van der Waals surface area contributed by atoms with Gasteiger partial charge >= 0.3 is 0 Å². The molecule has 4 aromatic rings. The van der Waals surface area contributed by atoms with Crippen molar-refractivity contribution in [2.75, 3.05) is 11.9 Å². The number of rotatable bonds is 9. The summed E-state index contributed by atoms with van der Waals surface area (Å²) in [5, 5.41) is 9.69. The van der Waals surface area contributed by atoms with E-state index in [-0.39, 0.29) is 11.2 Å². The molecule has 6 rings (SSSR count). The molecule has 2 heterocycles. The van der Waals surface area contributed by atoms with E-state index in [0.29, 0.717) is 58.6 Å². The molecule has 10 heteroatoms. The molecule has 0 spiro atoms. The second-order valence-electron chi connectivity index (χ2n) is 11.9. The first-order chi connectivity index (χ1) is 21.1. The third-order valence-corrected chi connectivity index (χ3v) is 9.58. The van der Waals surface area contributed by atoms with E-state index >= 15 is 0 Å². The summed E-state index contributed by atoms with van der Waals surface area (Å²) in [5.41, 5.74) is 5.56. The molecule has 0 fully saturated rings. The fourth-order valence-corrected chi connectivity index (χ4v) is 7.51. The lowest BCUT2D eigenvalue weighted by molar-refractivity contribution is -0.118. The van der Waals surface area contributed by atoms with Crippen LogP contribution in [0.2, 0.25) is 5.02 Å². The Morgan fingerprint density at radius 2 is 1.93 bits per heavy atom. The van der Waals surface area contributed by atoms with E-state index in [1.54, 1.807) is 0 Å². The van der Waals surface area contributed by atoms with Crippen LogP contribution >= 0.6 is 39.3 Å². The number of ether oxygens (including phenoxy) is 2. The Labute approximate surface area is 275 Å². The maximum Gasteiger partial charge on any atom is 0.227 e. The first kappa shape index (κ1) is 30.7. The van der Waals surface area contributed by atoms with Crippen LogP contribution in [0.3, 0.4) is 0 Å². The number of nitrogens with zero attached hydrogens (tertiary/aromatic N) is 3. The summed E-state index contributed by atoms with van der Waals surface area (Å²) >= 11 is 11.7. The van der Waals surface area contributed by atoms with Gasteiger partial charge in [0.1, 0.15) is 12.6 Å². The number of thioether (sulfide) groups is 1. The quantitative estimate of drug-likeness (QED) is 0.175. The van der Waals surface area contributed by atoms with Gasteiger partial charge in [0.25, 0.3) is 0 Å². The molecule has 3 aromatic carbocycles. The largest absolute Gasteiger partial charge is 0.490 e. The van der Waals surface area contributed by atoms with Crippen LogP contribution < -0.4 is 14.8 Å². The van der Waals surface area contributed by atoms with Gasteiger partial charge < -0.3 is 14.8 Å². The number of benzene rings is 3. The van der Waals surface area contributed by atoms with E-state index < -0.39 is 6.04 Å². The Bertz CT molecular complexity index is 1770. The lowest BCUT2D eigenvalue weighted by Crippen LogP contribution is -2.36. The van der Waals surface area contributed by atoms with Gasteiger partial charge in [-0.2, -0.15) is 4.98 Å². The molecule has 1 aromatic heterocycles. The van der Waals surface area contributed by atoms with Crippen LogP contribution in [0, 0.1) is 12.3 Å². The Balaban J connectivity index is 1.39. The number of hydrogen-bond donors (Lipinski definition) is 1. The molecule has 0 bridgehead atoms. The molecule has 0 saturated carbocycles. The van der Waals surface area contributed by atoms with Crippen LogP contribution in [0.25, 0.3) is 0 Å². The summed E-state index contributed by atoms with van der Waals surface area (Å²) < 4.78 is 15.0. The molecule has 1 atom stereocenters. The van der Waals surface area contributed by atoms with Crippen molar-refractivity contribution in [1.82, 2.24) is 14.8 Å². The van der Waals surface area contributed by atoms with Crippen molar-refractivity contribution < 1.29 is 14.3 Å². The van der Waals surface area contributed by atoms with Crippen molar-refractivity contribution in [3.8, 4) is 11.5 Å². The zero-order chi connectivity index (χ0) is 31.0. The number of aryl methyl sites for hydroxylation is 1. The predicted octanol–water partition coefficient (Wildman–Crippen LogP) is 8.93.